The molecule has 186 valence electrons. The second-order valence-corrected chi connectivity index (χ2v) is 8.62. The van der Waals surface area contributed by atoms with Crippen LogP contribution in [0.25, 0.3) is 5.76 Å². The summed E-state index contributed by atoms with van der Waals surface area (Å²) in [5.41, 5.74) is 1.40. The smallest absolute Gasteiger partial charge is 0.354 e. The number of hydrogen-bond acceptors (Lipinski definition) is 7. The van der Waals surface area contributed by atoms with Crippen LogP contribution in [0.5, 0.6) is 0 Å². The molecule has 2 fully saturated rings. The Labute approximate surface area is 202 Å². The number of morpholine rings is 1. The molecule has 3 heterocycles. The number of likely N-dealkylation sites (tertiary alicyclic amines) is 1. The van der Waals surface area contributed by atoms with E-state index in [-0.39, 0.29) is 23.4 Å². The Hall–Kier alpha value is -3.50. The van der Waals surface area contributed by atoms with Gasteiger partial charge in [0.25, 0.3) is 11.7 Å². The van der Waals surface area contributed by atoms with Gasteiger partial charge in [-0.2, -0.15) is 0 Å². The topological polar surface area (TPSA) is 112 Å². The Morgan fingerprint density at radius 1 is 1.23 bits per heavy atom. The summed E-state index contributed by atoms with van der Waals surface area (Å²) in [6.07, 6.45) is 0. The number of ether oxygens (including phenoxy) is 2. The Bertz CT molecular complexity index is 1200. The van der Waals surface area contributed by atoms with E-state index in [2.05, 4.69) is 9.88 Å². The largest absolute Gasteiger partial charge is 0.507 e. The van der Waals surface area contributed by atoms with Crippen molar-refractivity contribution in [1.29, 1.82) is 0 Å². The number of aliphatic hydroxyl groups excluding tert-OH is 1. The van der Waals surface area contributed by atoms with Crippen LogP contribution in [0.2, 0.25) is 0 Å². The van der Waals surface area contributed by atoms with Crippen molar-refractivity contribution in [3.8, 4) is 0 Å². The first-order valence-electron chi connectivity index (χ1n) is 11.4. The molecule has 9 nitrogen and oxygen atoms in total. The highest BCUT2D eigenvalue weighted by atomic mass is 19.1. The third-order valence-corrected chi connectivity index (χ3v) is 6.53. The fourth-order valence-corrected chi connectivity index (χ4v) is 4.75. The SMILES string of the molecule is COC(=O)c1[nH]c(C)c(C(O)=C2C(=O)C(=O)N(CCN3CCOCC3)[C@H]2c2cccc(F)c2)c1C. The van der Waals surface area contributed by atoms with Crippen LogP contribution in [-0.2, 0) is 19.1 Å². The summed E-state index contributed by atoms with van der Waals surface area (Å²) in [4.78, 5) is 44.9. The highest BCUT2D eigenvalue weighted by Crippen LogP contribution is 2.41. The number of H-pyrrole nitrogens is 1. The predicted molar refractivity (Wildman–Crippen MR) is 124 cm³/mol. The van der Waals surface area contributed by atoms with E-state index in [1.807, 2.05) is 0 Å². The summed E-state index contributed by atoms with van der Waals surface area (Å²) in [5, 5.41) is 11.4. The van der Waals surface area contributed by atoms with Crippen molar-refractivity contribution >= 4 is 23.4 Å². The lowest BCUT2D eigenvalue weighted by Crippen LogP contribution is -2.42. The molecule has 0 radical (unpaired) electrons. The molecule has 4 rings (SSSR count). The molecule has 2 aliphatic rings. The zero-order chi connectivity index (χ0) is 25.3. The van der Waals surface area contributed by atoms with Gasteiger partial charge >= 0.3 is 5.97 Å². The zero-order valence-corrected chi connectivity index (χ0v) is 19.9. The summed E-state index contributed by atoms with van der Waals surface area (Å²) in [6, 6.07) is 4.65. The van der Waals surface area contributed by atoms with Gasteiger partial charge < -0.3 is 24.5 Å². The number of aliphatic hydroxyl groups is 1. The Morgan fingerprint density at radius 2 is 1.94 bits per heavy atom. The molecule has 2 N–H and O–H groups in total. The van der Waals surface area contributed by atoms with E-state index < -0.39 is 35.3 Å². The van der Waals surface area contributed by atoms with Crippen molar-refractivity contribution in [2.45, 2.75) is 19.9 Å². The first kappa shape index (κ1) is 24.6. The molecule has 0 saturated carbocycles. The fourth-order valence-electron chi connectivity index (χ4n) is 4.75. The maximum Gasteiger partial charge on any atom is 0.354 e. The number of aromatic amines is 1. The van der Waals surface area contributed by atoms with E-state index in [0.29, 0.717) is 49.7 Å². The molecule has 2 aromatic rings. The molecule has 10 heteroatoms. The molecular weight excluding hydrogens is 457 g/mol. The molecule has 1 aromatic heterocycles. The average molecular weight is 486 g/mol. The van der Waals surface area contributed by atoms with Gasteiger partial charge in [0.15, 0.2) is 0 Å². The number of aryl methyl sites for hydroxylation is 1. The highest BCUT2D eigenvalue weighted by Gasteiger charge is 2.46. The molecule has 35 heavy (non-hydrogen) atoms. The average Bonchev–Trinajstić information content (AvgIpc) is 3.29. The third-order valence-electron chi connectivity index (χ3n) is 6.53. The quantitative estimate of drug-likeness (QED) is 0.280. The number of Topliss-reactive ketones (excluding diaryl/α,β-unsaturated/α-hetero) is 1. The molecule has 1 amide bonds. The molecule has 1 atom stereocenters. The number of amides is 1. The molecule has 2 saturated heterocycles. The van der Waals surface area contributed by atoms with Gasteiger partial charge in [-0.05, 0) is 37.1 Å². The first-order valence-corrected chi connectivity index (χ1v) is 11.4. The second-order valence-electron chi connectivity index (χ2n) is 8.62. The van der Waals surface area contributed by atoms with Crippen molar-refractivity contribution in [1.82, 2.24) is 14.8 Å². The van der Waals surface area contributed by atoms with Crippen LogP contribution in [0.1, 0.15) is 38.9 Å². The Morgan fingerprint density at radius 3 is 2.60 bits per heavy atom. The van der Waals surface area contributed by atoms with E-state index in [0.717, 1.165) is 0 Å². The fraction of sp³-hybridized carbons (Fsp3) is 0.400. The number of hydrogen-bond donors (Lipinski definition) is 2. The zero-order valence-electron chi connectivity index (χ0n) is 19.9. The van der Waals surface area contributed by atoms with Gasteiger partial charge in [0, 0.05) is 37.4 Å². The molecule has 2 aliphatic heterocycles. The summed E-state index contributed by atoms with van der Waals surface area (Å²) in [5.74, 6) is -3.21. The summed E-state index contributed by atoms with van der Waals surface area (Å²) >= 11 is 0. The van der Waals surface area contributed by atoms with E-state index in [4.69, 9.17) is 9.47 Å². The number of carbonyl (C=O) groups is 3. The van der Waals surface area contributed by atoms with Gasteiger partial charge in [0.05, 0.1) is 31.9 Å². The normalized spacial score (nSPS) is 20.5. The van der Waals surface area contributed by atoms with Crippen molar-refractivity contribution in [3.05, 3.63) is 63.7 Å². The number of esters is 1. The van der Waals surface area contributed by atoms with Crippen LogP contribution >= 0.6 is 0 Å². The van der Waals surface area contributed by atoms with E-state index >= 15 is 0 Å². The van der Waals surface area contributed by atoms with Gasteiger partial charge in [-0.25, -0.2) is 9.18 Å². The minimum absolute atomic E-state index is 0.135. The Kier molecular flexibility index (Phi) is 7.04. The molecule has 0 unspecified atom stereocenters. The number of aromatic nitrogens is 1. The van der Waals surface area contributed by atoms with E-state index in [1.165, 1.54) is 30.2 Å². The van der Waals surface area contributed by atoms with E-state index in [1.54, 1.807) is 19.9 Å². The van der Waals surface area contributed by atoms with Gasteiger partial charge in [-0.1, -0.05) is 12.1 Å². The highest BCUT2D eigenvalue weighted by molar-refractivity contribution is 6.46. The van der Waals surface area contributed by atoms with Crippen LogP contribution in [0.15, 0.2) is 29.8 Å². The van der Waals surface area contributed by atoms with Gasteiger partial charge in [0.2, 0.25) is 0 Å². The van der Waals surface area contributed by atoms with E-state index in [9.17, 15) is 23.9 Å². The molecule has 0 spiro atoms. The number of nitrogens with zero attached hydrogens (tertiary/aromatic N) is 2. The maximum atomic E-state index is 14.2. The van der Waals surface area contributed by atoms with Crippen molar-refractivity contribution < 1.29 is 33.4 Å². The summed E-state index contributed by atoms with van der Waals surface area (Å²) < 4.78 is 24.3. The van der Waals surface area contributed by atoms with Crippen LogP contribution in [0.3, 0.4) is 0 Å². The lowest BCUT2D eigenvalue weighted by Gasteiger charge is -2.31. The summed E-state index contributed by atoms with van der Waals surface area (Å²) in [7, 11) is 1.24. The number of benzene rings is 1. The van der Waals surface area contributed by atoms with Gasteiger partial charge in [-0.15, -0.1) is 0 Å². The maximum absolute atomic E-state index is 14.2. The van der Waals surface area contributed by atoms with Crippen molar-refractivity contribution in [2.24, 2.45) is 0 Å². The number of rotatable bonds is 6. The van der Waals surface area contributed by atoms with Crippen LogP contribution in [-0.4, -0.2) is 84.1 Å². The van der Waals surface area contributed by atoms with Crippen LogP contribution < -0.4 is 0 Å². The minimum atomic E-state index is -0.984. The van der Waals surface area contributed by atoms with Crippen LogP contribution in [0.4, 0.5) is 4.39 Å². The molecular formula is C25H28FN3O6. The van der Waals surface area contributed by atoms with Gasteiger partial charge in [0.1, 0.15) is 17.3 Å². The van der Waals surface area contributed by atoms with Crippen LogP contribution in [0, 0.1) is 19.7 Å². The third kappa shape index (κ3) is 4.59. The Balaban J connectivity index is 1.80. The second kappa shape index (κ2) is 10.0. The summed E-state index contributed by atoms with van der Waals surface area (Å²) in [6.45, 7) is 6.52. The lowest BCUT2D eigenvalue weighted by atomic mass is 9.94. The number of nitrogens with one attached hydrogen (secondary N) is 1. The standard InChI is InChI=1S/C25H28FN3O6/c1-14-18(15(2)27-20(14)25(33)34-3)22(30)19-21(16-5-4-6-17(26)13-16)29(24(32)23(19)31)8-7-28-9-11-35-12-10-28/h4-6,13,21,27,30H,7-12H2,1-3H3/t21-/m0/s1. The van der Waals surface area contributed by atoms with Crippen molar-refractivity contribution in [3.63, 3.8) is 0 Å². The molecule has 1 aromatic carbocycles. The molecule has 0 bridgehead atoms. The first-order chi connectivity index (χ1) is 16.7. The lowest BCUT2D eigenvalue weighted by molar-refractivity contribution is -0.140. The predicted octanol–water partition coefficient (Wildman–Crippen LogP) is 2.31. The van der Waals surface area contributed by atoms with Crippen molar-refractivity contribution in [2.75, 3.05) is 46.5 Å². The number of methoxy groups -OCH3 is 1. The molecule has 0 aliphatic carbocycles. The number of halogens is 1. The minimum Gasteiger partial charge on any atom is -0.507 e. The number of ketones is 1. The van der Waals surface area contributed by atoms with Gasteiger partial charge in [-0.3, -0.25) is 14.5 Å². The number of carbonyl (C=O) groups excluding carboxylic acids is 3. The monoisotopic (exact) mass is 485 g/mol.